The Morgan fingerprint density at radius 3 is 2.53 bits per heavy atom. The summed E-state index contributed by atoms with van der Waals surface area (Å²) in [4.78, 5) is 13.8. The molecule has 2 N–H and O–H groups in total. The van der Waals surface area contributed by atoms with Crippen LogP contribution in [-0.2, 0) is 0 Å². The zero-order chi connectivity index (χ0) is 10.7. The number of likely N-dealkylation sites (tertiary alicyclic amines) is 1. The van der Waals surface area contributed by atoms with Gasteiger partial charge in [-0.1, -0.05) is 18.0 Å². The van der Waals surface area contributed by atoms with Crippen LogP contribution in [0.1, 0.15) is 36.0 Å². The van der Waals surface area contributed by atoms with E-state index in [9.17, 15) is 4.79 Å². The largest absolute Gasteiger partial charge is 0.367 e. The van der Waals surface area contributed by atoms with Crippen molar-refractivity contribution in [2.75, 3.05) is 18.8 Å². The third-order valence-corrected chi connectivity index (χ3v) is 2.72. The van der Waals surface area contributed by atoms with Crippen LogP contribution in [0.25, 0.3) is 0 Å². The normalized spacial score (nSPS) is 17.5. The molecule has 1 aromatic heterocycles. The van der Waals surface area contributed by atoms with Gasteiger partial charge < -0.3 is 15.2 Å². The minimum atomic E-state index is -0.0596. The number of amides is 1. The molecule has 82 valence electrons. The van der Waals surface area contributed by atoms with Gasteiger partial charge in [-0.3, -0.25) is 4.79 Å². The molecule has 1 fully saturated rings. The molecule has 0 unspecified atom stereocenters. The van der Waals surface area contributed by atoms with Gasteiger partial charge in [0.25, 0.3) is 5.91 Å². The van der Waals surface area contributed by atoms with Crippen LogP contribution in [-0.4, -0.2) is 29.1 Å². The van der Waals surface area contributed by atoms with Crippen LogP contribution >= 0.6 is 0 Å². The standard InChI is InChI=1S/C10H15N3O2/c11-9-8(7-12-15-9)10(14)13-5-3-1-2-4-6-13/h7H,1-6,11H2. The minimum Gasteiger partial charge on any atom is -0.367 e. The average Bonchev–Trinajstić information content (AvgIpc) is 2.53. The molecule has 5 heteroatoms. The maximum Gasteiger partial charge on any atom is 0.261 e. The van der Waals surface area contributed by atoms with Crippen LogP contribution in [0, 0.1) is 0 Å². The number of hydrogen-bond acceptors (Lipinski definition) is 4. The van der Waals surface area contributed by atoms with E-state index in [1.807, 2.05) is 4.90 Å². The summed E-state index contributed by atoms with van der Waals surface area (Å²) in [5.74, 6) is 0.0555. The predicted molar refractivity (Wildman–Crippen MR) is 55.3 cm³/mol. The molecule has 1 saturated heterocycles. The number of nitrogen functional groups attached to an aromatic ring is 1. The molecule has 0 spiro atoms. The van der Waals surface area contributed by atoms with Crippen LogP contribution < -0.4 is 5.73 Å². The lowest BCUT2D eigenvalue weighted by atomic mass is 10.2. The molecule has 1 aliphatic heterocycles. The minimum absolute atomic E-state index is 0.0596. The molecule has 15 heavy (non-hydrogen) atoms. The second-order valence-electron chi connectivity index (χ2n) is 3.81. The molecule has 1 amide bonds. The summed E-state index contributed by atoms with van der Waals surface area (Å²) in [5, 5.41) is 3.51. The zero-order valence-electron chi connectivity index (χ0n) is 8.61. The number of aromatic nitrogens is 1. The summed E-state index contributed by atoms with van der Waals surface area (Å²) in [5.41, 5.74) is 5.90. The fourth-order valence-electron chi connectivity index (χ4n) is 1.85. The maximum atomic E-state index is 12.0. The molecule has 0 atom stereocenters. The van der Waals surface area contributed by atoms with E-state index >= 15 is 0 Å². The first-order valence-corrected chi connectivity index (χ1v) is 5.28. The second-order valence-corrected chi connectivity index (χ2v) is 3.81. The molecule has 2 rings (SSSR count). The Balaban J connectivity index is 2.09. The fourth-order valence-corrected chi connectivity index (χ4v) is 1.85. The van der Waals surface area contributed by atoms with Gasteiger partial charge in [0.1, 0.15) is 5.56 Å². The summed E-state index contributed by atoms with van der Waals surface area (Å²) < 4.78 is 4.69. The van der Waals surface area contributed by atoms with Gasteiger partial charge in [0.15, 0.2) is 0 Å². The third kappa shape index (κ3) is 2.11. The summed E-state index contributed by atoms with van der Waals surface area (Å²) in [6, 6.07) is 0. The Labute approximate surface area is 88.2 Å². The van der Waals surface area contributed by atoms with Crippen LogP contribution in [0.5, 0.6) is 0 Å². The van der Waals surface area contributed by atoms with Gasteiger partial charge in [-0.2, -0.15) is 0 Å². The van der Waals surface area contributed by atoms with Gasteiger partial charge in [-0.25, -0.2) is 0 Å². The second kappa shape index (κ2) is 4.33. The van der Waals surface area contributed by atoms with Gasteiger partial charge in [0.2, 0.25) is 5.88 Å². The van der Waals surface area contributed by atoms with Crippen molar-refractivity contribution in [2.24, 2.45) is 0 Å². The smallest absolute Gasteiger partial charge is 0.261 e. The monoisotopic (exact) mass is 209 g/mol. The highest BCUT2D eigenvalue weighted by atomic mass is 16.5. The van der Waals surface area contributed by atoms with Crippen molar-refractivity contribution in [3.63, 3.8) is 0 Å². The summed E-state index contributed by atoms with van der Waals surface area (Å²) in [7, 11) is 0. The van der Waals surface area contributed by atoms with E-state index in [2.05, 4.69) is 9.68 Å². The number of nitrogens with two attached hydrogens (primary N) is 1. The SMILES string of the molecule is Nc1oncc1C(=O)N1CCCCCC1. The summed E-state index contributed by atoms with van der Waals surface area (Å²) in [6.45, 7) is 1.62. The molecule has 1 aromatic rings. The Morgan fingerprint density at radius 1 is 1.33 bits per heavy atom. The number of nitrogens with zero attached hydrogens (tertiary/aromatic N) is 2. The first kappa shape index (κ1) is 10.0. The van der Waals surface area contributed by atoms with Gasteiger partial charge in [-0.05, 0) is 12.8 Å². The molecule has 0 saturated carbocycles. The molecule has 2 heterocycles. The van der Waals surface area contributed by atoms with Crippen molar-refractivity contribution in [1.82, 2.24) is 10.1 Å². The molecular weight excluding hydrogens is 194 g/mol. The molecule has 5 nitrogen and oxygen atoms in total. The van der Waals surface area contributed by atoms with E-state index in [1.165, 1.54) is 19.0 Å². The Hall–Kier alpha value is -1.52. The molecule has 0 bridgehead atoms. The lowest BCUT2D eigenvalue weighted by molar-refractivity contribution is 0.0762. The molecule has 0 radical (unpaired) electrons. The predicted octanol–water partition coefficient (Wildman–Crippen LogP) is 1.27. The first-order valence-electron chi connectivity index (χ1n) is 5.28. The van der Waals surface area contributed by atoms with Gasteiger partial charge in [0, 0.05) is 13.1 Å². The topological polar surface area (TPSA) is 72.4 Å². The summed E-state index contributed by atoms with van der Waals surface area (Å²) >= 11 is 0. The van der Waals surface area contributed by atoms with E-state index < -0.39 is 0 Å². The van der Waals surface area contributed by atoms with E-state index in [1.54, 1.807) is 0 Å². The quantitative estimate of drug-likeness (QED) is 0.756. The van der Waals surface area contributed by atoms with Gasteiger partial charge in [0.05, 0.1) is 6.20 Å². The van der Waals surface area contributed by atoms with Crippen molar-refractivity contribution in [2.45, 2.75) is 25.7 Å². The highest BCUT2D eigenvalue weighted by Crippen LogP contribution is 2.16. The third-order valence-electron chi connectivity index (χ3n) is 2.72. The van der Waals surface area contributed by atoms with Crippen molar-refractivity contribution < 1.29 is 9.32 Å². The number of rotatable bonds is 1. The van der Waals surface area contributed by atoms with Crippen molar-refractivity contribution >= 4 is 11.8 Å². The molecule has 0 aliphatic carbocycles. The highest BCUT2D eigenvalue weighted by Gasteiger charge is 2.21. The van der Waals surface area contributed by atoms with Gasteiger partial charge >= 0.3 is 0 Å². The van der Waals surface area contributed by atoms with E-state index in [0.717, 1.165) is 25.9 Å². The van der Waals surface area contributed by atoms with Gasteiger partial charge in [-0.15, -0.1) is 0 Å². The highest BCUT2D eigenvalue weighted by molar-refractivity contribution is 5.97. The Bertz CT molecular complexity index is 340. The molecular formula is C10H15N3O2. The summed E-state index contributed by atoms with van der Waals surface area (Å²) in [6.07, 6.45) is 5.92. The molecule has 1 aliphatic rings. The van der Waals surface area contributed by atoms with E-state index in [-0.39, 0.29) is 11.8 Å². The lowest BCUT2D eigenvalue weighted by Crippen LogP contribution is -2.31. The van der Waals surface area contributed by atoms with E-state index in [0.29, 0.717) is 5.56 Å². The number of anilines is 1. The Morgan fingerprint density at radius 2 is 2.00 bits per heavy atom. The number of carbonyl (C=O) groups is 1. The van der Waals surface area contributed by atoms with Crippen molar-refractivity contribution in [3.8, 4) is 0 Å². The zero-order valence-corrected chi connectivity index (χ0v) is 8.61. The van der Waals surface area contributed by atoms with E-state index in [4.69, 9.17) is 5.73 Å². The Kier molecular flexibility index (Phi) is 2.89. The van der Waals surface area contributed by atoms with Crippen molar-refractivity contribution in [1.29, 1.82) is 0 Å². The van der Waals surface area contributed by atoms with Crippen LogP contribution in [0.2, 0.25) is 0 Å². The van der Waals surface area contributed by atoms with Crippen molar-refractivity contribution in [3.05, 3.63) is 11.8 Å². The van der Waals surface area contributed by atoms with Crippen LogP contribution in [0.3, 0.4) is 0 Å². The number of hydrogen-bond donors (Lipinski definition) is 1. The van der Waals surface area contributed by atoms with Crippen LogP contribution in [0.15, 0.2) is 10.7 Å². The maximum absolute atomic E-state index is 12.0. The first-order chi connectivity index (χ1) is 7.29. The average molecular weight is 209 g/mol. The fraction of sp³-hybridized carbons (Fsp3) is 0.600. The lowest BCUT2D eigenvalue weighted by Gasteiger charge is -2.19. The van der Waals surface area contributed by atoms with Crippen LogP contribution in [0.4, 0.5) is 5.88 Å². The molecule has 0 aromatic carbocycles. The number of carbonyl (C=O) groups excluding carboxylic acids is 1.